The second-order valence-electron chi connectivity index (χ2n) is 8.39. The van der Waals surface area contributed by atoms with E-state index in [9.17, 15) is 24.0 Å². The molecule has 182 valence electrons. The van der Waals surface area contributed by atoms with E-state index >= 15 is 0 Å². The molecule has 2 aliphatic rings. The highest BCUT2D eigenvalue weighted by atomic mass is 79.9. The molecule has 2 amide bonds. The van der Waals surface area contributed by atoms with Gasteiger partial charge in [-0.2, -0.15) is 0 Å². The molecule has 4 atom stereocenters. The zero-order valence-corrected chi connectivity index (χ0v) is 21.8. The second kappa shape index (κ2) is 10.4. The number of halogens is 2. The number of benzene rings is 2. The molecular formula is C25H21Br2NO7. The molecule has 0 radical (unpaired) electrons. The first-order chi connectivity index (χ1) is 16.7. The second-order valence-corrected chi connectivity index (χ2v) is 10.7. The third kappa shape index (κ3) is 5.38. The number of fused-ring (bicyclic) bond motifs is 1. The van der Waals surface area contributed by atoms with Crippen molar-refractivity contribution in [1.82, 2.24) is 0 Å². The van der Waals surface area contributed by atoms with Crippen LogP contribution in [0.5, 0.6) is 5.75 Å². The van der Waals surface area contributed by atoms with Crippen molar-refractivity contribution in [2.24, 2.45) is 11.8 Å². The van der Waals surface area contributed by atoms with Gasteiger partial charge in [0.1, 0.15) is 5.75 Å². The van der Waals surface area contributed by atoms with E-state index < -0.39 is 24.3 Å². The Balaban J connectivity index is 1.37. The summed E-state index contributed by atoms with van der Waals surface area (Å²) in [4.78, 5) is 63.0. The number of carbonyl (C=O) groups is 5. The molecule has 0 unspecified atom stereocenters. The third-order valence-corrected chi connectivity index (χ3v) is 8.78. The molecule has 2 aromatic carbocycles. The van der Waals surface area contributed by atoms with E-state index in [1.807, 2.05) is 0 Å². The lowest BCUT2D eigenvalue weighted by molar-refractivity contribution is -0.132. The largest absolute Gasteiger partial charge is 0.454 e. The number of Topliss-reactive ketones (excluding diaryl/α,β-unsaturated/α-hetero) is 1. The van der Waals surface area contributed by atoms with Crippen LogP contribution in [0.25, 0.3) is 0 Å². The van der Waals surface area contributed by atoms with Crippen LogP contribution in [-0.4, -0.2) is 45.8 Å². The lowest BCUT2D eigenvalue weighted by Crippen LogP contribution is -2.34. The van der Waals surface area contributed by atoms with Gasteiger partial charge in [-0.25, -0.2) is 4.79 Å². The van der Waals surface area contributed by atoms with E-state index in [0.717, 1.165) is 0 Å². The Kier molecular flexibility index (Phi) is 7.51. The number of ketones is 1. The van der Waals surface area contributed by atoms with Gasteiger partial charge in [-0.15, -0.1) is 0 Å². The molecule has 2 aromatic rings. The fourth-order valence-electron chi connectivity index (χ4n) is 4.27. The van der Waals surface area contributed by atoms with Crippen molar-refractivity contribution in [3.05, 3.63) is 59.7 Å². The Morgan fingerprint density at radius 2 is 1.37 bits per heavy atom. The summed E-state index contributed by atoms with van der Waals surface area (Å²) < 4.78 is 10.0. The van der Waals surface area contributed by atoms with Gasteiger partial charge in [-0.05, 0) is 61.4 Å². The first kappa shape index (κ1) is 25.2. The molecule has 35 heavy (non-hydrogen) atoms. The van der Waals surface area contributed by atoms with Crippen molar-refractivity contribution < 1.29 is 33.4 Å². The maximum absolute atomic E-state index is 12.9. The predicted molar refractivity (Wildman–Crippen MR) is 133 cm³/mol. The minimum Gasteiger partial charge on any atom is -0.454 e. The minimum absolute atomic E-state index is 0.118. The van der Waals surface area contributed by atoms with Gasteiger partial charge in [-0.3, -0.25) is 24.1 Å². The SMILES string of the molecule is CC(=O)Oc1ccc(C(=O)COC(=O)c2ccc(N3C(=O)[C@H]4C[C@H](Br)[C@@H](Br)C[C@H]4C3=O)cc2)cc1. The van der Waals surface area contributed by atoms with Crippen LogP contribution in [0.15, 0.2) is 48.5 Å². The zero-order chi connectivity index (χ0) is 25.3. The normalized spacial score (nSPS) is 23.6. The number of amides is 2. The number of esters is 2. The number of rotatable bonds is 6. The molecule has 0 aromatic heterocycles. The maximum Gasteiger partial charge on any atom is 0.338 e. The number of hydrogen-bond donors (Lipinski definition) is 0. The predicted octanol–water partition coefficient (Wildman–Crippen LogP) is 4.08. The van der Waals surface area contributed by atoms with Crippen LogP contribution in [0.2, 0.25) is 0 Å². The highest BCUT2D eigenvalue weighted by molar-refractivity contribution is 9.12. The molecule has 10 heteroatoms. The Hall–Kier alpha value is -2.85. The number of ether oxygens (including phenoxy) is 2. The Labute approximate surface area is 218 Å². The maximum atomic E-state index is 12.9. The standard InChI is InChI=1S/C25H21Br2NO7/c1-13(29)35-17-8-4-14(5-9-17)22(30)12-34-25(33)15-2-6-16(7-3-15)28-23(31)18-10-20(26)21(27)11-19(18)24(28)32/h2-9,18-21H,10-12H2,1H3/t18-,19+,20-,21-/m0/s1. The van der Waals surface area contributed by atoms with Crippen LogP contribution in [0.4, 0.5) is 5.69 Å². The van der Waals surface area contributed by atoms with Crippen LogP contribution in [0.3, 0.4) is 0 Å². The van der Waals surface area contributed by atoms with Crippen molar-refractivity contribution >= 4 is 67.1 Å². The van der Waals surface area contributed by atoms with Gasteiger partial charge in [-0.1, -0.05) is 31.9 Å². The summed E-state index contributed by atoms with van der Waals surface area (Å²) in [5.41, 5.74) is 0.879. The summed E-state index contributed by atoms with van der Waals surface area (Å²) in [6.45, 7) is 0.803. The lowest BCUT2D eigenvalue weighted by atomic mass is 9.81. The number of imide groups is 1. The van der Waals surface area contributed by atoms with Crippen molar-refractivity contribution in [1.29, 1.82) is 0 Å². The monoisotopic (exact) mass is 605 g/mol. The summed E-state index contributed by atoms with van der Waals surface area (Å²) >= 11 is 7.14. The molecule has 1 heterocycles. The topological polar surface area (TPSA) is 107 Å². The highest BCUT2D eigenvalue weighted by Gasteiger charge is 2.52. The van der Waals surface area contributed by atoms with E-state index in [1.165, 1.54) is 60.4 Å². The summed E-state index contributed by atoms with van der Waals surface area (Å²) in [5, 5.41) is 0. The van der Waals surface area contributed by atoms with Crippen molar-refractivity contribution in [3.8, 4) is 5.75 Å². The average Bonchev–Trinajstić information content (AvgIpc) is 3.07. The Morgan fingerprint density at radius 1 is 0.857 bits per heavy atom. The highest BCUT2D eigenvalue weighted by Crippen LogP contribution is 2.44. The van der Waals surface area contributed by atoms with E-state index in [1.54, 1.807) is 0 Å². The molecule has 2 fully saturated rings. The molecule has 0 N–H and O–H groups in total. The number of alkyl halides is 2. The van der Waals surface area contributed by atoms with Crippen LogP contribution >= 0.6 is 31.9 Å². The quantitative estimate of drug-likeness (QED) is 0.160. The van der Waals surface area contributed by atoms with E-state index in [-0.39, 0.29) is 38.9 Å². The number of anilines is 1. The fraction of sp³-hybridized carbons (Fsp3) is 0.320. The van der Waals surface area contributed by atoms with Crippen molar-refractivity contribution in [3.63, 3.8) is 0 Å². The van der Waals surface area contributed by atoms with Gasteiger partial charge in [0.05, 0.1) is 23.1 Å². The molecule has 1 saturated heterocycles. The summed E-state index contributed by atoms with van der Waals surface area (Å²) in [7, 11) is 0. The zero-order valence-electron chi connectivity index (χ0n) is 18.6. The number of nitrogens with zero attached hydrogens (tertiary/aromatic N) is 1. The molecule has 0 bridgehead atoms. The van der Waals surface area contributed by atoms with Crippen molar-refractivity contribution in [2.45, 2.75) is 29.4 Å². The van der Waals surface area contributed by atoms with Crippen LogP contribution in [0, 0.1) is 11.8 Å². The van der Waals surface area contributed by atoms with Crippen LogP contribution < -0.4 is 9.64 Å². The minimum atomic E-state index is -0.710. The van der Waals surface area contributed by atoms with Gasteiger partial charge < -0.3 is 9.47 Å². The van der Waals surface area contributed by atoms with Gasteiger partial charge in [0.2, 0.25) is 11.8 Å². The molecule has 1 saturated carbocycles. The van der Waals surface area contributed by atoms with Crippen LogP contribution in [-0.2, 0) is 19.1 Å². The van der Waals surface area contributed by atoms with E-state index in [4.69, 9.17) is 9.47 Å². The Morgan fingerprint density at radius 3 is 1.89 bits per heavy atom. The van der Waals surface area contributed by atoms with Crippen LogP contribution in [0.1, 0.15) is 40.5 Å². The van der Waals surface area contributed by atoms with Crippen molar-refractivity contribution in [2.75, 3.05) is 11.5 Å². The number of hydrogen-bond acceptors (Lipinski definition) is 7. The van der Waals surface area contributed by atoms with Gasteiger partial charge in [0, 0.05) is 22.1 Å². The molecule has 0 spiro atoms. The third-order valence-electron chi connectivity index (χ3n) is 6.04. The molecule has 8 nitrogen and oxygen atoms in total. The average molecular weight is 607 g/mol. The summed E-state index contributed by atoms with van der Waals surface area (Å²) in [5.74, 6) is -2.48. The summed E-state index contributed by atoms with van der Waals surface area (Å²) in [6, 6.07) is 11.9. The smallest absolute Gasteiger partial charge is 0.338 e. The van der Waals surface area contributed by atoms with Gasteiger partial charge >= 0.3 is 11.9 Å². The molecule has 1 aliphatic carbocycles. The summed E-state index contributed by atoms with van der Waals surface area (Å²) in [6.07, 6.45) is 1.15. The van der Waals surface area contributed by atoms with Gasteiger partial charge in [0.15, 0.2) is 12.4 Å². The molecule has 4 rings (SSSR count). The van der Waals surface area contributed by atoms with Gasteiger partial charge in [0.25, 0.3) is 0 Å². The fourth-order valence-corrected chi connectivity index (χ4v) is 5.51. The molecular weight excluding hydrogens is 586 g/mol. The van der Waals surface area contributed by atoms with E-state index in [2.05, 4.69) is 31.9 Å². The molecule has 1 aliphatic heterocycles. The number of carbonyl (C=O) groups excluding carboxylic acids is 5. The first-order valence-electron chi connectivity index (χ1n) is 10.9. The first-order valence-corrected chi connectivity index (χ1v) is 12.7. The lowest BCUT2D eigenvalue weighted by Gasteiger charge is -2.29. The Bertz CT molecular complexity index is 1150. The van der Waals surface area contributed by atoms with E-state index in [0.29, 0.717) is 29.8 Å².